The summed E-state index contributed by atoms with van der Waals surface area (Å²) in [7, 11) is -2.99. The highest BCUT2D eigenvalue weighted by Crippen LogP contribution is 2.24. The molecule has 0 spiro atoms. The summed E-state index contributed by atoms with van der Waals surface area (Å²) in [6, 6.07) is 18.0. The van der Waals surface area contributed by atoms with Crippen molar-refractivity contribution in [2.24, 2.45) is 0 Å². The predicted molar refractivity (Wildman–Crippen MR) is 142 cm³/mol. The molecule has 0 unspecified atom stereocenters. The number of benzene rings is 2. The van der Waals surface area contributed by atoms with Crippen LogP contribution in [0.2, 0.25) is 0 Å². The molecular formula is C26H33N5O3S. The van der Waals surface area contributed by atoms with Crippen molar-refractivity contribution in [1.82, 2.24) is 19.9 Å². The van der Waals surface area contributed by atoms with Crippen molar-refractivity contribution in [3.05, 3.63) is 84.4 Å². The van der Waals surface area contributed by atoms with Gasteiger partial charge < -0.3 is 20.3 Å². The smallest absolute Gasteiger partial charge is 0.148 e. The second kappa shape index (κ2) is 13.0. The number of rotatable bonds is 10. The van der Waals surface area contributed by atoms with Gasteiger partial charge in [0.1, 0.15) is 22.0 Å². The number of nitrogens with one attached hydrogen (secondary N) is 2. The molecule has 8 nitrogen and oxygen atoms in total. The van der Waals surface area contributed by atoms with E-state index in [9.17, 15) is 13.5 Å². The van der Waals surface area contributed by atoms with Gasteiger partial charge in [0.25, 0.3) is 0 Å². The fourth-order valence-electron chi connectivity index (χ4n) is 3.57. The summed E-state index contributed by atoms with van der Waals surface area (Å²) in [5.41, 5.74) is 3.89. The van der Waals surface area contributed by atoms with Gasteiger partial charge in [-0.3, -0.25) is 0 Å². The molecule has 0 aliphatic heterocycles. The summed E-state index contributed by atoms with van der Waals surface area (Å²) in [6.45, 7) is 3.77. The number of anilines is 1. The van der Waals surface area contributed by atoms with Crippen LogP contribution in [0.25, 0.3) is 16.6 Å². The van der Waals surface area contributed by atoms with Crippen molar-refractivity contribution in [2.45, 2.75) is 19.9 Å². The Labute approximate surface area is 207 Å². The molecule has 0 fully saturated rings. The third-order valence-corrected chi connectivity index (χ3v) is 6.22. The van der Waals surface area contributed by atoms with Crippen LogP contribution < -0.4 is 10.6 Å². The number of aliphatic hydroxyl groups is 1. The molecule has 0 bridgehead atoms. The van der Waals surface area contributed by atoms with Crippen LogP contribution in [0.4, 0.5) is 5.82 Å². The minimum absolute atomic E-state index is 0.0521. The van der Waals surface area contributed by atoms with E-state index in [0.717, 1.165) is 40.1 Å². The fourth-order valence-corrected chi connectivity index (χ4v) is 4.09. The summed E-state index contributed by atoms with van der Waals surface area (Å²) >= 11 is 0. The maximum absolute atomic E-state index is 11.3. The largest absolute Gasteiger partial charge is 0.396 e. The van der Waals surface area contributed by atoms with Crippen LogP contribution in [-0.2, 0) is 22.8 Å². The number of nitrogens with zero attached hydrogens (tertiary/aromatic N) is 3. The van der Waals surface area contributed by atoms with Gasteiger partial charge in [0, 0.05) is 56.0 Å². The summed E-state index contributed by atoms with van der Waals surface area (Å²) in [5.74, 6) is 0.894. The number of fused-ring (bicyclic) bond motifs is 1. The molecule has 35 heavy (non-hydrogen) atoms. The van der Waals surface area contributed by atoms with Crippen LogP contribution in [0.1, 0.15) is 18.1 Å². The minimum Gasteiger partial charge on any atom is -0.396 e. The lowest BCUT2D eigenvalue weighted by molar-refractivity contribution is 0.299. The van der Waals surface area contributed by atoms with Crippen LogP contribution in [0, 0.1) is 0 Å². The zero-order chi connectivity index (χ0) is 25.1. The lowest BCUT2D eigenvalue weighted by Gasteiger charge is -2.09. The lowest BCUT2D eigenvalue weighted by Crippen LogP contribution is -2.22. The van der Waals surface area contributed by atoms with Gasteiger partial charge in [-0.05, 0) is 42.7 Å². The van der Waals surface area contributed by atoms with E-state index in [0.29, 0.717) is 19.5 Å². The molecule has 9 heteroatoms. The van der Waals surface area contributed by atoms with Gasteiger partial charge in [0.15, 0.2) is 0 Å². The van der Waals surface area contributed by atoms with E-state index in [1.807, 2.05) is 78.5 Å². The van der Waals surface area contributed by atoms with Crippen LogP contribution >= 0.6 is 0 Å². The maximum Gasteiger partial charge on any atom is 0.148 e. The Morgan fingerprint density at radius 1 is 1.00 bits per heavy atom. The molecule has 4 aromatic rings. The van der Waals surface area contributed by atoms with Gasteiger partial charge in [0.2, 0.25) is 0 Å². The Balaban J connectivity index is 0.000000497. The van der Waals surface area contributed by atoms with Crippen LogP contribution in [-0.4, -0.2) is 59.8 Å². The van der Waals surface area contributed by atoms with Gasteiger partial charge in [-0.1, -0.05) is 36.4 Å². The molecule has 2 aromatic carbocycles. The molecule has 0 radical (unpaired) electrons. The maximum atomic E-state index is 11.3. The second-order valence-electron chi connectivity index (χ2n) is 8.10. The highest BCUT2D eigenvalue weighted by molar-refractivity contribution is 7.90. The van der Waals surface area contributed by atoms with E-state index in [1.165, 1.54) is 6.26 Å². The van der Waals surface area contributed by atoms with E-state index in [2.05, 4.69) is 20.6 Å². The molecule has 3 N–H and O–H groups in total. The summed E-state index contributed by atoms with van der Waals surface area (Å²) in [6.07, 6.45) is 7.33. The molecule has 186 valence electrons. The van der Waals surface area contributed by atoms with Crippen LogP contribution in [0.5, 0.6) is 0 Å². The summed E-state index contributed by atoms with van der Waals surface area (Å²) < 4.78 is 24.6. The third-order valence-electron chi connectivity index (χ3n) is 5.28. The fraction of sp³-hybridized carbons (Fsp3) is 0.308. The first-order valence-corrected chi connectivity index (χ1v) is 13.7. The van der Waals surface area contributed by atoms with Crippen molar-refractivity contribution in [3.8, 4) is 5.69 Å². The quantitative estimate of drug-likeness (QED) is 0.290. The highest BCUT2D eigenvalue weighted by Gasteiger charge is 2.10. The molecule has 0 saturated carbocycles. The van der Waals surface area contributed by atoms with Gasteiger partial charge in [-0.25, -0.2) is 18.4 Å². The van der Waals surface area contributed by atoms with Gasteiger partial charge in [0.05, 0.1) is 11.3 Å². The van der Waals surface area contributed by atoms with E-state index in [-0.39, 0.29) is 12.4 Å². The Bertz CT molecular complexity index is 1280. The first-order chi connectivity index (χ1) is 16.9. The van der Waals surface area contributed by atoms with Gasteiger partial charge >= 0.3 is 0 Å². The normalized spacial score (nSPS) is 11.2. The molecule has 0 atom stereocenters. The van der Waals surface area contributed by atoms with Crippen LogP contribution in [0.3, 0.4) is 0 Å². The molecule has 4 rings (SSSR count). The van der Waals surface area contributed by atoms with Crippen molar-refractivity contribution >= 4 is 26.6 Å². The number of aromatic nitrogens is 3. The Hall–Kier alpha value is -3.27. The highest BCUT2D eigenvalue weighted by atomic mass is 32.2. The zero-order valence-electron chi connectivity index (χ0n) is 20.2. The number of sulfone groups is 1. The molecule has 2 heterocycles. The van der Waals surface area contributed by atoms with E-state index >= 15 is 0 Å². The van der Waals surface area contributed by atoms with E-state index in [1.54, 1.807) is 6.33 Å². The number of aliphatic hydroxyl groups excluding tert-OH is 1. The first kappa shape index (κ1) is 26.3. The second-order valence-corrected chi connectivity index (χ2v) is 10.4. The van der Waals surface area contributed by atoms with Crippen LogP contribution in [0.15, 0.2) is 73.3 Å². The summed E-state index contributed by atoms with van der Waals surface area (Å²) in [4.78, 5) is 8.66. The van der Waals surface area contributed by atoms with E-state index < -0.39 is 9.84 Å². The predicted octanol–water partition coefficient (Wildman–Crippen LogP) is 3.21. The van der Waals surface area contributed by atoms with Crippen molar-refractivity contribution in [1.29, 1.82) is 0 Å². The zero-order valence-corrected chi connectivity index (χ0v) is 21.0. The Morgan fingerprint density at radius 3 is 2.31 bits per heavy atom. The molecule has 0 aliphatic carbocycles. The molecule has 0 aliphatic rings. The van der Waals surface area contributed by atoms with Crippen molar-refractivity contribution in [3.63, 3.8) is 0 Å². The monoisotopic (exact) mass is 495 g/mol. The van der Waals surface area contributed by atoms with E-state index in [4.69, 9.17) is 0 Å². The molecule has 0 amide bonds. The van der Waals surface area contributed by atoms with Gasteiger partial charge in [-0.15, -0.1) is 0 Å². The van der Waals surface area contributed by atoms with Crippen molar-refractivity contribution in [2.75, 3.05) is 37.0 Å². The standard InChI is InChI=1S/C20H27N5O3S.C6H6/c1-3-22-20-18-10-17(4-5-19(18)23-14-24-20)25-12-15(6-8-26)16(13-25)11-21-7-9-29(2,27)28;1-2-4-6-5-3-1/h4-5,10,12-14,21,26H,3,6-9,11H2,1-2H3,(H,22,23,24);1-6H. The lowest BCUT2D eigenvalue weighted by atomic mass is 10.1. The topological polar surface area (TPSA) is 109 Å². The first-order valence-electron chi connectivity index (χ1n) is 11.6. The Kier molecular flexibility index (Phi) is 9.77. The average Bonchev–Trinajstić information content (AvgIpc) is 3.26. The molecule has 0 saturated heterocycles. The number of hydrogen-bond donors (Lipinski definition) is 3. The summed E-state index contributed by atoms with van der Waals surface area (Å²) in [5, 5.41) is 16.8. The SMILES string of the molecule is CCNc1ncnc2ccc(-n3cc(CCO)c(CNCCS(C)(=O)=O)c3)cc12.c1ccccc1. The third kappa shape index (κ3) is 8.17. The Morgan fingerprint density at radius 2 is 1.69 bits per heavy atom. The number of hydrogen-bond acceptors (Lipinski definition) is 7. The minimum atomic E-state index is -2.99. The van der Waals surface area contributed by atoms with Crippen molar-refractivity contribution < 1.29 is 13.5 Å². The molecule has 2 aromatic heterocycles. The average molecular weight is 496 g/mol. The van der Waals surface area contributed by atoms with Gasteiger partial charge in [-0.2, -0.15) is 0 Å². The molecular weight excluding hydrogens is 462 g/mol.